The molecule has 1 fully saturated rings. The van der Waals surface area contributed by atoms with E-state index in [9.17, 15) is 5.11 Å². The summed E-state index contributed by atoms with van der Waals surface area (Å²) in [6, 6.07) is 7.90. The standard InChI is InChI=1S/C17H20N4O2/c1-23-13-2-3-15-14(10-13)18-17-19-16(6-9-21(15)17)20-7-4-12(11-22)5-8-20/h2-3,6,9-10,12,22H,4-5,7-8,11H2,1H3. The predicted octanol–water partition coefficient (Wildman–Crippen LogP) is 2.10. The van der Waals surface area contributed by atoms with Gasteiger partial charge in [-0.25, -0.2) is 4.98 Å². The number of hydrogen-bond donors (Lipinski definition) is 1. The summed E-state index contributed by atoms with van der Waals surface area (Å²) < 4.78 is 7.26. The van der Waals surface area contributed by atoms with E-state index in [2.05, 4.69) is 9.88 Å². The molecule has 2 aromatic heterocycles. The predicted molar refractivity (Wildman–Crippen MR) is 89.1 cm³/mol. The SMILES string of the molecule is COc1ccc2c(c1)nc1nc(N3CCC(CO)CC3)ccn12. The van der Waals surface area contributed by atoms with E-state index in [0.29, 0.717) is 11.7 Å². The molecule has 1 N–H and O–H groups in total. The Morgan fingerprint density at radius 3 is 2.78 bits per heavy atom. The van der Waals surface area contributed by atoms with Crippen LogP contribution in [0, 0.1) is 5.92 Å². The summed E-state index contributed by atoms with van der Waals surface area (Å²) in [5.74, 6) is 2.88. The molecule has 0 bridgehead atoms. The van der Waals surface area contributed by atoms with Gasteiger partial charge in [0.1, 0.15) is 11.6 Å². The van der Waals surface area contributed by atoms with Crippen molar-refractivity contribution in [3.63, 3.8) is 0 Å². The molecular weight excluding hydrogens is 292 g/mol. The number of methoxy groups -OCH3 is 1. The number of anilines is 1. The van der Waals surface area contributed by atoms with Crippen LogP contribution in [0.1, 0.15) is 12.8 Å². The van der Waals surface area contributed by atoms with E-state index in [1.54, 1.807) is 7.11 Å². The van der Waals surface area contributed by atoms with Crippen molar-refractivity contribution in [3.8, 4) is 5.75 Å². The number of aliphatic hydroxyl groups is 1. The quantitative estimate of drug-likeness (QED) is 0.802. The third-order valence-electron chi connectivity index (χ3n) is 4.66. The molecule has 0 atom stereocenters. The minimum absolute atomic E-state index is 0.285. The van der Waals surface area contributed by atoms with Gasteiger partial charge in [0.05, 0.1) is 18.1 Å². The molecule has 1 aliphatic heterocycles. The zero-order valence-electron chi connectivity index (χ0n) is 13.1. The monoisotopic (exact) mass is 312 g/mol. The van der Waals surface area contributed by atoms with Crippen LogP contribution in [0.4, 0.5) is 5.82 Å². The van der Waals surface area contributed by atoms with E-state index < -0.39 is 0 Å². The average molecular weight is 312 g/mol. The Labute approximate surface area is 134 Å². The van der Waals surface area contributed by atoms with Gasteiger partial charge >= 0.3 is 0 Å². The lowest BCUT2D eigenvalue weighted by atomic mass is 9.98. The summed E-state index contributed by atoms with van der Waals surface area (Å²) in [7, 11) is 1.66. The molecule has 1 saturated heterocycles. The summed E-state index contributed by atoms with van der Waals surface area (Å²) in [5, 5.41) is 9.25. The molecule has 3 aromatic rings. The first-order chi connectivity index (χ1) is 11.3. The topological polar surface area (TPSA) is 62.9 Å². The van der Waals surface area contributed by atoms with Gasteiger partial charge in [-0.2, -0.15) is 4.98 Å². The van der Waals surface area contributed by atoms with Gasteiger partial charge in [0.25, 0.3) is 0 Å². The van der Waals surface area contributed by atoms with Gasteiger partial charge < -0.3 is 14.7 Å². The highest BCUT2D eigenvalue weighted by Crippen LogP contribution is 2.25. The van der Waals surface area contributed by atoms with Crippen molar-refractivity contribution in [2.75, 3.05) is 31.7 Å². The van der Waals surface area contributed by atoms with Crippen LogP contribution >= 0.6 is 0 Å². The Kier molecular flexibility index (Phi) is 3.53. The lowest BCUT2D eigenvalue weighted by Crippen LogP contribution is -2.35. The Morgan fingerprint density at radius 1 is 1.22 bits per heavy atom. The van der Waals surface area contributed by atoms with E-state index in [1.807, 2.05) is 34.9 Å². The second kappa shape index (κ2) is 5.70. The highest BCUT2D eigenvalue weighted by atomic mass is 16.5. The number of ether oxygens (including phenoxy) is 1. The van der Waals surface area contributed by atoms with Gasteiger partial charge in [0.2, 0.25) is 5.78 Å². The van der Waals surface area contributed by atoms with E-state index in [4.69, 9.17) is 9.72 Å². The van der Waals surface area contributed by atoms with Crippen LogP contribution in [-0.4, -0.2) is 46.3 Å². The van der Waals surface area contributed by atoms with E-state index >= 15 is 0 Å². The van der Waals surface area contributed by atoms with Crippen LogP contribution in [0.25, 0.3) is 16.8 Å². The van der Waals surface area contributed by atoms with E-state index in [-0.39, 0.29) is 6.61 Å². The minimum Gasteiger partial charge on any atom is -0.497 e. The summed E-state index contributed by atoms with van der Waals surface area (Å²) in [4.78, 5) is 11.6. The van der Waals surface area contributed by atoms with E-state index in [1.165, 1.54) is 0 Å². The van der Waals surface area contributed by atoms with Crippen LogP contribution < -0.4 is 9.64 Å². The molecule has 0 unspecified atom stereocenters. The molecule has 0 amide bonds. The lowest BCUT2D eigenvalue weighted by molar-refractivity contribution is 0.203. The van der Waals surface area contributed by atoms with Crippen LogP contribution in [0.3, 0.4) is 0 Å². The number of benzene rings is 1. The van der Waals surface area contributed by atoms with Crippen molar-refractivity contribution in [2.45, 2.75) is 12.8 Å². The molecule has 3 heterocycles. The fraction of sp³-hybridized carbons (Fsp3) is 0.412. The number of hydrogen-bond acceptors (Lipinski definition) is 5. The summed E-state index contributed by atoms with van der Waals surface area (Å²) in [6.07, 6.45) is 4.05. The smallest absolute Gasteiger partial charge is 0.236 e. The van der Waals surface area contributed by atoms with Crippen molar-refractivity contribution in [2.24, 2.45) is 5.92 Å². The minimum atomic E-state index is 0.285. The summed E-state index contributed by atoms with van der Waals surface area (Å²) >= 11 is 0. The average Bonchev–Trinajstić information content (AvgIpc) is 2.98. The molecular formula is C17H20N4O2. The van der Waals surface area contributed by atoms with Gasteiger partial charge in [0.15, 0.2) is 0 Å². The Morgan fingerprint density at radius 2 is 2.04 bits per heavy atom. The van der Waals surface area contributed by atoms with Crippen LogP contribution in [0.15, 0.2) is 30.5 Å². The lowest BCUT2D eigenvalue weighted by Gasteiger charge is -2.31. The van der Waals surface area contributed by atoms with Crippen molar-refractivity contribution >= 4 is 22.6 Å². The van der Waals surface area contributed by atoms with Crippen molar-refractivity contribution in [1.29, 1.82) is 0 Å². The molecule has 120 valence electrons. The molecule has 0 radical (unpaired) electrons. The highest BCUT2D eigenvalue weighted by Gasteiger charge is 2.20. The maximum atomic E-state index is 9.25. The number of aromatic nitrogens is 3. The number of piperidine rings is 1. The first-order valence-electron chi connectivity index (χ1n) is 7.97. The molecule has 6 nitrogen and oxygen atoms in total. The number of aliphatic hydroxyl groups excluding tert-OH is 1. The molecule has 0 saturated carbocycles. The molecule has 4 rings (SSSR count). The Bertz CT molecular complexity index is 837. The Balaban J connectivity index is 1.69. The first kappa shape index (κ1) is 14.3. The number of rotatable bonds is 3. The van der Waals surface area contributed by atoms with E-state index in [0.717, 1.165) is 48.5 Å². The fourth-order valence-corrected chi connectivity index (χ4v) is 3.22. The Hall–Kier alpha value is -2.34. The van der Waals surface area contributed by atoms with Gasteiger partial charge in [-0.1, -0.05) is 0 Å². The zero-order chi connectivity index (χ0) is 15.8. The second-order valence-corrected chi connectivity index (χ2v) is 6.04. The van der Waals surface area contributed by atoms with Crippen LogP contribution in [0.2, 0.25) is 0 Å². The fourth-order valence-electron chi connectivity index (χ4n) is 3.22. The van der Waals surface area contributed by atoms with Gasteiger partial charge in [-0.3, -0.25) is 4.40 Å². The second-order valence-electron chi connectivity index (χ2n) is 6.04. The van der Waals surface area contributed by atoms with Crippen molar-refractivity contribution < 1.29 is 9.84 Å². The molecule has 1 aliphatic rings. The number of fused-ring (bicyclic) bond motifs is 3. The zero-order valence-corrected chi connectivity index (χ0v) is 13.1. The number of imidazole rings is 1. The van der Waals surface area contributed by atoms with Gasteiger partial charge in [-0.05, 0) is 37.0 Å². The van der Waals surface area contributed by atoms with Crippen LogP contribution in [0.5, 0.6) is 5.75 Å². The van der Waals surface area contributed by atoms with Gasteiger partial charge in [-0.15, -0.1) is 0 Å². The highest BCUT2D eigenvalue weighted by molar-refractivity contribution is 5.81. The molecule has 1 aromatic carbocycles. The normalized spacial score (nSPS) is 16.3. The van der Waals surface area contributed by atoms with Crippen LogP contribution in [-0.2, 0) is 0 Å². The summed E-state index contributed by atoms with van der Waals surface area (Å²) in [6.45, 7) is 2.15. The number of nitrogens with zero attached hydrogens (tertiary/aromatic N) is 4. The molecule has 23 heavy (non-hydrogen) atoms. The maximum Gasteiger partial charge on any atom is 0.236 e. The largest absolute Gasteiger partial charge is 0.497 e. The maximum absolute atomic E-state index is 9.25. The van der Waals surface area contributed by atoms with Gasteiger partial charge in [0, 0.05) is 32.0 Å². The molecule has 0 aliphatic carbocycles. The first-order valence-corrected chi connectivity index (χ1v) is 7.97. The third kappa shape index (κ3) is 2.49. The summed E-state index contributed by atoms with van der Waals surface area (Å²) in [5.41, 5.74) is 1.91. The van der Waals surface area contributed by atoms with Crippen molar-refractivity contribution in [3.05, 3.63) is 30.5 Å². The molecule has 6 heteroatoms. The third-order valence-corrected chi connectivity index (χ3v) is 4.66. The van der Waals surface area contributed by atoms with Crippen molar-refractivity contribution in [1.82, 2.24) is 14.4 Å². The molecule has 0 spiro atoms.